The molecule has 0 spiro atoms. The fourth-order valence-corrected chi connectivity index (χ4v) is 2.30. The van der Waals surface area contributed by atoms with Crippen molar-refractivity contribution in [1.82, 2.24) is 4.90 Å². The zero-order valence-corrected chi connectivity index (χ0v) is 12.1. The Bertz CT molecular complexity index is 547. The number of benzene rings is 1. The Morgan fingerprint density at radius 2 is 1.67 bits per heavy atom. The molecule has 0 aromatic heterocycles. The summed E-state index contributed by atoms with van der Waals surface area (Å²) >= 11 is 0. The maximum absolute atomic E-state index is 13.6. The van der Waals surface area contributed by atoms with Gasteiger partial charge in [-0.3, -0.25) is 9.59 Å². The van der Waals surface area contributed by atoms with E-state index in [0.717, 1.165) is 25.0 Å². The molecule has 0 bridgehead atoms. The summed E-state index contributed by atoms with van der Waals surface area (Å²) in [5.74, 6) is -2.78. The summed E-state index contributed by atoms with van der Waals surface area (Å²) in [4.78, 5) is 26.2. The van der Waals surface area contributed by atoms with Crippen molar-refractivity contribution in [3.05, 3.63) is 29.8 Å². The van der Waals surface area contributed by atoms with Gasteiger partial charge in [-0.15, -0.1) is 0 Å². The average molecular weight is 296 g/mol. The number of hydrogen-bond acceptors (Lipinski definition) is 2. The monoisotopic (exact) mass is 296 g/mol. The molecule has 1 aromatic rings. The van der Waals surface area contributed by atoms with E-state index in [1.165, 1.54) is 19.9 Å². The third-order valence-electron chi connectivity index (χ3n) is 3.70. The Balaban J connectivity index is 2.16. The molecule has 0 atom stereocenters. The maximum Gasteiger partial charge on any atom is 0.239 e. The van der Waals surface area contributed by atoms with Gasteiger partial charge in [0.1, 0.15) is 22.7 Å². The van der Waals surface area contributed by atoms with E-state index in [0.29, 0.717) is 13.1 Å². The second-order valence-electron chi connectivity index (χ2n) is 5.68. The topological polar surface area (TPSA) is 49.4 Å². The van der Waals surface area contributed by atoms with Gasteiger partial charge >= 0.3 is 0 Å². The Labute approximate surface area is 122 Å². The summed E-state index contributed by atoms with van der Waals surface area (Å²) < 4.78 is 27.1. The second kappa shape index (κ2) is 5.79. The number of halogens is 2. The summed E-state index contributed by atoms with van der Waals surface area (Å²) in [7, 11) is 0. The highest BCUT2D eigenvalue weighted by atomic mass is 19.1. The van der Waals surface area contributed by atoms with E-state index in [4.69, 9.17) is 0 Å². The van der Waals surface area contributed by atoms with Crippen molar-refractivity contribution in [3.8, 4) is 0 Å². The van der Waals surface area contributed by atoms with Crippen molar-refractivity contribution in [1.29, 1.82) is 0 Å². The van der Waals surface area contributed by atoms with Gasteiger partial charge in [0.2, 0.25) is 11.8 Å². The zero-order valence-electron chi connectivity index (χ0n) is 12.1. The lowest BCUT2D eigenvalue weighted by atomic mass is 9.90. The first-order valence-corrected chi connectivity index (χ1v) is 6.89. The fourth-order valence-electron chi connectivity index (χ4n) is 2.30. The molecular formula is C15H18F2N2O2. The number of anilines is 1. The number of para-hydroxylation sites is 1. The quantitative estimate of drug-likeness (QED) is 0.871. The molecule has 0 aliphatic carbocycles. The van der Waals surface area contributed by atoms with E-state index in [2.05, 4.69) is 5.32 Å². The van der Waals surface area contributed by atoms with Crippen LogP contribution < -0.4 is 5.32 Å². The first-order valence-electron chi connectivity index (χ1n) is 6.89. The molecule has 21 heavy (non-hydrogen) atoms. The molecule has 1 saturated heterocycles. The van der Waals surface area contributed by atoms with Gasteiger partial charge in [-0.05, 0) is 38.8 Å². The van der Waals surface area contributed by atoms with Gasteiger partial charge in [0.15, 0.2) is 0 Å². The number of carbonyl (C=O) groups is 2. The van der Waals surface area contributed by atoms with Crippen LogP contribution in [0.25, 0.3) is 0 Å². The molecule has 1 heterocycles. The molecule has 1 aliphatic heterocycles. The van der Waals surface area contributed by atoms with E-state index in [-0.39, 0.29) is 5.91 Å². The molecule has 0 radical (unpaired) electrons. The van der Waals surface area contributed by atoms with Crippen LogP contribution in [-0.2, 0) is 9.59 Å². The summed E-state index contributed by atoms with van der Waals surface area (Å²) in [6.07, 6.45) is 1.82. The third kappa shape index (κ3) is 3.04. The first-order chi connectivity index (χ1) is 9.84. The lowest BCUT2D eigenvalue weighted by molar-refractivity contribution is -0.145. The molecule has 114 valence electrons. The molecule has 1 aliphatic rings. The van der Waals surface area contributed by atoms with Crippen LogP contribution in [0, 0.1) is 17.0 Å². The van der Waals surface area contributed by atoms with Crippen molar-refractivity contribution in [2.24, 2.45) is 5.41 Å². The largest absolute Gasteiger partial charge is 0.342 e. The molecule has 6 heteroatoms. The Hall–Kier alpha value is -1.98. The van der Waals surface area contributed by atoms with Gasteiger partial charge in [0.25, 0.3) is 0 Å². The molecule has 2 amide bonds. The smallest absolute Gasteiger partial charge is 0.239 e. The predicted molar refractivity (Wildman–Crippen MR) is 74.6 cm³/mol. The van der Waals surface area contributed by atoms with Crippen LogP contribution in [0.2, 0.25) is 0 Å². The van der Waals surface area contributed by atoms with Crippen molar-refractivity contribution < 1.29 is 18.4 Å². The SMILES string of the molecule is CC(C)(C(=O)Nc1c(F)cccc1F)C(=O)N1CCCC1. The normalized spacial score (nSPS) is 15.1. The number of amides is 2. The number of hydrogen-bond donors (Lipinski definition) is 1. The number of rotatable bonds is 3. The lowest BCUT2D eigenvalue weighted by Gasteiger charge is -2.28. The molecule has 1 fully saturated rings. The Morgan fingerprint density at radius 3 is 2.19 bits per heavy atom. The van der Waals surface area contributed by atoms with Crippen molar-refractivity contribution in [2.75, 3.05) is 18.4 Å². The average Bonchev–Trinajstić information content (AvgIpc) is 2.95. The number of nitrogens with one attached hydrogen (secondary N) is 1. The lowest BCUT2D eigenvalue weighted by Crippen LogP contribution is -2.46. The van der Waals surface area contributed by atoms with Crippen molar-refractivity contribution in [2.45, 2.75) is 26.7 Å². The summed E-state index contributed by atoms with van der Waals surface area (Å²) in [6, 6.07) is 3.31. The van der Waals surface area contributed by atoms with Crippen LogP contribution in [0.3, 0.4) is 0 Å². The molecule has 1 N–H and O–H groups in total. The fraction of sp³-hybridized carbons (Fsp3) is 0.467. The van der Waals surface area contributed by atoms with Crippen molar-refractivity contribution in [3.63, 3.8) is 0 Å². The van der Waals surface area contributed by atoms with Crippen LogP contribution in [0.1, 0.15) is 26.7 Å². The van der Waals surface area contributed by atoms with Gasteiger partial charge in [0.05, 0.1) is 0 Å². The first kappa shape index (κ1) is 15.4. The van der Waals surface area contributed by atoms with Gasteiger partial charge < -0.3 is 10.2 Å². The molecule has 1 aromatic carbocycles. The van der Waals surface area contributed by atoms with Gasteiger partial charge in [-0.25, -0.2) is 8.78 Å². The van der Waals surface area contributed by atoms with E-state index >= 15 is 0 Å². The van der Waals surface area contributed by atoms with Gasteiger partial charge in [-0.2, -0.15) is 0 Å². The maximum atomic E-state index is 13.6. The van der Waals surface area contributed by atoms with E-state index in [1.807, 2.05) is 0 Å². The molecule has 0 saturated carbocycles. The predicted octanol–water partition coefficient (Wildman–Crippen LogP) is 2.55. The van der Waals surface area contributed by atoms with Crippen LogP contribution in [0.5, 0.6) is 0 Å². The zero-order chi connectivity index (χ0) is 15.6. The number of likely N-dealkylation sites (tertiary alicyclic amines) is 1. The highest BCUT2D eigenvalue weighted by molar-refractivity contribution is 6.09. The van der Waals surface area contributed by atoms with Crippen LogP contribution in [0.15, 0.2) is 18.2 Å². The number of carbonyl (C=O) groups excluding carboxylic acids is 2. The molecule has 2 rings (SSSR count). The highest BCUT2D eigenvalue weighted by Crippen LogP contribution is 2.26. The standard InChI is InChI=1S/C15H18F2N2O2/c1-15(2,14(21)19-8-3-4-9-19)13(20)18-12-10(16)6-5-7-11(12)17/h5-7H,3-4,8-9H2,1-2H3,(H,18,20). The highest BCUT2D eigenvalue weighted by Gasteiger charge is 2.40. The second-order valence-corrected chi connectivity index (χ2v) is 5.68. The van der Waals surface area contributed by atoms with E-state index in [1.54, 1.807) is 4.90 Å². The van der Waals surface area contributed by atoms with Crippen LogP contribution >= 0.6 is 0 Å². The summed E-state index contributed by atoms with van der Waals surface area (Å²) in [6.45, 7) is 4.15. The van der Waals surface area contributed by atoms with Gasteiger partial charge in [-0.1, -0.05) is 6.07 Å². The third-order valence-corrected chi connectivity index (χ3v) is 3.70. The van der Waals surface area contributed by atoms with E-state index < -0.39 is 28.6 Å². The molecular weight excluding hydrogens is 278 g/mol. The number of nitrogens with zero attached hydrogens (tertiary/aromatic N) is 1. The summed E-state index contributed by atoms with van der Waals surface area (Å²) in [5.41, 5.74) is -1.90. The van der Waals surface area contributed by atoms with Crippen LogP contribution in [-0.4, -0.2) is 29.8 Å². The van der Waals surface area contributed by atoms with E-state index in [9.17, 15) is 18.4 Å². The Kier molecular flexibility index (Phi) is 4.25. The minimum Gasteiger partial charge on any atom is -0.342 e. The Morgan fingerprint density at radius 1 is 1.14 bits per heavy atom. The molecule has 0 unspecified atom stereocenters. The van der Waals surface area contributed by atoms with Gasteiger partial charge in [0, 0.05) is 13.1 Å². The van der Waals surface area contributed by atoms with Crippen molar-refractivity contribution >= 4 is 17.5 Å². The summed E-state index contributed by atoms with van der Waals surface area (Å²) in [5, 5.41) is 2.19. The molecule has 4 nitrogen and oxygen atoms in total. The van der Waals surface area contributed by atoms with Crippen LogP contribution in [0.4, 0.5) is 14.5 Å². The minimum atomic E-state index is -1.38. The minimum absolute atomic E-state index is 0.325.